The van der Waals surface area contributed by atoms with Crippen LogP contribution >= 0.6 is 0 Å². The lowest BCUT2D eigenvalue weighted by atomic mass is 9.93. The number of carboxylic acids is 1. The minimum Gasteiger partial charge on any atom is -0.493 e. The van der Waals surface area contributed by atoms with Gasteiger partial charge in [0.15, 0.2) is 11.5 Å². The van der Waals surface area contributed by atoms with Crippen molar-refractivity contribution in [2.45, 2.75) is 31.3 Å². The molecule has 22 heavy (non-hydrogen) atoms. The highest BCUT2D eigenvalue weighted by Crippen LogP contribution is 2.46. The maximum Gasteiger partial charge on any atom is 0.309 e. The fraction of sp³-hybridized carbons (Fsp3) is 0.500. The number of carbonyl (C=O) groups excluding carboxylic acids is 1. The number of methoxy groups -OCH3 is 2. The molecule has 1 aromatic rings. The molecule has 2 atom stereocenters. The van der Waals surface area contributed by atoms with E-state index in [1.807, 2.05) is 6.07 Å². The molecule has 1 amide bonds. The van der Waals surface area contributed by atoms with E-state index >= 15 is 0 Å². The third-order valence-electron chi connectivity index (χ3n) is 4.37. The van der Waals surface area contributed by atoms with Gasteiger partial charge in [0, 0.05) is 12.5 Å². The zero-order valence-electron chi connectivity index (χ0n) is 12.6. The number of carboxylic acid groups (broad SMARTS) is 1. The molecule has 0 radical (unpaired) electrons. The summed E-state index contributed by atoms with van der Waals surface area (Å²) in [6.45, 7) is 0. The van der Waals surface area contributed by atoms with Crippen molar-refractivity contribution in [1.82, 2.24) is 4.90 Å². The predicted molar refractivity (Wildman–Crippen MR) is 77.9 cm³/mol. The molecule has 0 bridgehead atoms. The minimum atomic E-state index is -0.934. The summed E-state index contributed by atoms with van der Waals surface area (Å²) in [5, 5.41) is 9.48. The molecular weight excluding hydrogens is 286 g/mol. The van der Waals surface area contributed by atoms with Crippen molar-refractivity contribution in [1.29, 1.82) is 0 Å². The third kappa shape index (κ3) is 2.38. The monoisotopic (exact) mass is 305 g/mol. The van der Waals surface area contributed by atoms with Crippen LogP contribution in [-0.4, -0.2) is 42.1 Å². The van der Waals surface area contributed by atoms with Gasteiger partial charge in [-0.15, -0.1) is 0 Å². The van der Waals surface area contributed by atoms with E-state index in [2.05, 4.69) is 0 Å². The summed E-state index contributed by atoms with van der Waals surface area (Å²) in [6.07, 6.45) is 1.95. The van der Waals surface area contributed by atoms with Crippen molar-refractivity contribution in [3.05, 3.63) is 23.8 Å². The van der Waals surface area contributed by atoms with Crippen molar-refractivity contribution in [3.8, 4) is 11.5 Å². The van der Waals surface area contributed by atoms with Gasteiger partial charge in [-0.05, 0) is 30.5 Å². The highest BCUT2D eigenvalue weighted by Gasteiger charge is 2.50. The molecule has 6 nitrogen and oxygen atoms in total. The lowest BCUT2D eigenvalue weighted by Crippen LogP contribution is -2.32. The second kappa shape index (κ2) is 5.51. The van der Waals surface area contributed by atoms with Crippen LogP contribution in [0.3, 0.4) is 0 Å². The SMILES string of the molecule is COc1ccc([C@@H]2[C@H](C(=O)O)CC(=O)N2C2CC2)cc1OC. The van der Waals surface area contributed by atoms with E-state index in [1.54, 1.807) is 24.1 Å². The van der Waals surface area contributed by atoms with Crippen molar-refractivity contribution in [2.24, 2.45) is 5.92 Å². The number of ether oxygens (including phenoxy) is 2. The first-order chi connectivity index (χ1) is 10.6. The first-order valence-electron chi connectivity index (χ1n) is 7.32. The maximum absolute atomic E-state index is 12.2. The highest BCUT2D eigenvalue weighted by atomic mass is 16.5. The molecule has 0 unspecified atom stereocenters. The van der Waals surface area contributed by atoms with Crippen molar-refractivity contribution in [3.63, 3.8) is 0 Å². The zero-order chi connectivity index (χ0) is 15.9. The second-order valence-corrected chi connectivity index (χ2v) is 5.74. The Kier molecular flexibility index (Phi) is 3.68. The summed E-state index contributed by atoms with van der Waals surface area (Å²) in [4.78, 5) is 25.6. The Morgan fingerprint density at radius 1 is 1.23 bits per heavy atom. The number of benzene rings is 1. The molecule has 1 saturated heterocycles. The minimum absolute atomic E-state index is 0.0604. The van der Waals surface area contributed by atoms with Gasteiger partial charge in [-0.3, -0.25) is 9.59 Å². The van der Waals surface area contributed by atoms with Gasteiger partial charge in [0.25, 0.3) is 0 Å². The van der Waals surface area contributed by atoms with Crippen molar-refractivity contribution >= 4 is 11.9 Å². The van der Waals surface area contributed by atoms with Crippen LogP contribution in [0.25, 0.3) is 0 Å². The Bertz CT molecular complexity index is 611. The van der Waals surface area contributed by atoms with Crippen LogP contribution in [0.2, 0.25) is 0 Å². The summed E-state index contributed by atoms with van der Waals surface area (Å²) >= 11 is 0. The quantitative estimate of drug-likeness (QED) is 0.898. The van der Waals surface area contributed by atoms with E-state index in [9.17, 15) is 14.7 Å². The van der Waals surface area contributed by atoms with Crippen LogP contribution in [0.1, 0.15) is 30.9 Å². The van der Waals surface area contributed by atoms with Crippen molar-refractivity contribution in [2.75, 3.05) is 14.2 Å². The van der Waals surface area contributed by atoms with Crippen LogP contribution < -0.4 is 9.47 Å². The molecule has 0 aromatic heterocycles. The Morgan fingerprint density at radius 2 is 1.91 bits per heavy atom. The van der Waals surface area contributed by atoms with Gasteiger partial charge in [0.2, 0.25) is 5.91 Å². The van der Waals surface area contributed by atoms with Gasteiger partial charge in [0.1, 0.15) is 0 Å². The molecule has 2 fully saturated rings. The molecule has 1 heterocycles. The average Bonchev–Trinajstić information content (AvgIpc) is 3.28. The van der Waals surface area contributed by atoms with E-state index in [0.717, 1.165) is 18.4 Å². The largest absolute Gasteiger partial charge is 0.493 e. The number of carbonyl (C=O) groups is 2. The highest BCUT2D eigenvalue weighted by molar-refractivity contribution is 5.88. The molecule has 2 aliphatic rings. The van der Waals surface area contributed by atoms with Crippen molar-refractivity contribution < 1.29 is 24.2 Å². The van der Waals surface area contributed by atoms with Gasteiger partial charge in [0.05, 0.1) is 26.2 Å². The molecule has 1 aliphatic heterocycles. The Hall–Kier alpha value is -2.24. The molecule has 0 spiro atoms. The lowest BCUT2D eigenvalue weighted by molar-refractivity contribution is -0.142. The van der Waals surface area contributed by atoms with Crippen LogP contribution in [-0.2, 0) is 9.59 Å². The molecule has 1 aliphatic carbocycles. The fourth-order valence-electron chi connectivity index (χ4n) is 3.19. The molecule has 1 aromatic carbocycles. The number of hydrogen-bond donors (Lipinski definition) is 1. The Labute approximate surface area is 128 Å². The molecule has 3 rings (SSSR count). The molecule has 6 heteroatoms. The van der Waals surface area contributed by atoms with Crippen LogP contribution in [0.15, 0.2) is 18.2 Å². The van der Waals surface area contributed by atoms with E-state index < -0.39 is 17.9 Å². The van der Waals surface area contributed by atoms with Crippen LogP contribution in [0.5, 0.6) is 11.5 Å². The number of amides is 1. The summed E-state index contributed by atoms with van der Waals surface area (Å²) in [6, 6.07) is 5.08. The first-order valence-corrected chi connectivity index (χ1v) is 7.32. The maximum atomic E-state index is 12.2. The third-order valence-corrected chi connectivity index (χ3v) is 4.37. The fourth-order valence-corrected chi connectivity index (χ4v) is 3.19. The number of hydrogen-bond acceptors (Lipinski definition) is 4. The average molecular weight is 305 g/mol. The van der Waals surface area contributed by atoms with Gasteiger partial charge >= 0.3 is 5.97 Å². The zero-order valence-corrected chi connectivity index (χ0v) is 12.6. The van der Waals surface area contributed by atoms with E-state index in [4.69, 9.17) is 9.47 Å². The van der Waals surface area contributed by atoms with E-state index in [-0.39, 0.29) is 18.4 Å². The summed E-state index contributed by atoms with van der Waals surface area (Å²) in [5.41, 5.74) is 0.780. The number of aliphatic carboxylic acids is 1. The normalized spacial score (nSPS) is 24.5. The second-order valence-electron chi connectivity index (χ2n) is 5.74. The molecule has 1 N–H and O–H groups in total. The van der Waals surface area contributed by atoms with Gasteiger partial charge in [-0.1, -0.05) is 6.07 Å². The first kappa shape index (κ1) is 14.7. The van der Waals surface area contributed by atoms with Crippen LogP contribution in [0.4, 0.5) is 0 Å². The predicted octanol–water partition coefficient (Wildman–Crippen LogP) is 1.84. The van der Waals surface area contributed by atoms with Crippen LogP contribution in [0, 0.1) is 5.92 Å². The van der Waals surface area contributed by atoms with E-state index in [1.165, 1.54) is 7.11 Å². The molecular formula is C16H19NO5. The van der Waals surface area contributed by atoms with Gasteiger partial charge in [-0.2, -0.15) is 0 Å². The summed E-state index contributed by atoms with van der Waals surface area (Å²) in [7, 11) is 3.09. The standard InChI is InChI=1S/C16H19NO5/c1-21-12-6-3-9(7-13(12)22-2)15-11(16(19)20)8-14(18)17(15)10-4-5-10/h3,6-7,10-11,15H,4-5,8H2,1-2H3,(H,19,20)/t11-,15-/m1/s1. The lowest BCUT2D eigenvalue weighted by Gasteiger charge is -2.27. The number of nitrogens with zero attached hydrogens (tertiary/aromatic N) is 1. The Morgan fingerprint density at radius 3 is 2.45 bits per heavy atom. The van der Waals surface area contributed by atoms with Gasteiger partial charge < -0.3 is 19.5 Å². The molecule has 118 valence electrons. The smallest absolute Gasteiger partial charge is 0.309 e. The summed E-state index contributed by atoms with van der Waals surface area (Å²) in [5.74, 6) is -0.600. The number of likely N-dealkylation sites (tertiary alicyclic amines) is 1. The summed E-state index contributed by atoms with van der Waals surface area (Å²) < 4.78 is 10.5. The van der Waals surface area contributed by atoms with Gasteiger partial charge in [-0.25, -0.2) is 0 Å². The topological polar surface area (TPSA) is 76.1 Å². The van der Waals surface area contributed by atoms with E-state index in [0.29, 0.717) is 11.5 Å². The molecule has 1 saturated carbocycles. The Balaban J connectivity index is 2.01. The number of rotatable bonds is 5.